The number of amides is 3. The Balaban J connectivity index is 1.36. The zero-order valence-electron chi connectivity index (χ0n) is 18.2. The van der Waals surface area contributed by atoms with Gasteiger partial charge in [0.05, 0.1) is 16.8 Å². The lowest BCUT2D eigenvalue weighted by Crippen LogP contribution is -2.29. The summed E-state index contributed by atoms with van der Waals surface area (Å²) in [5.41, 5.74) is 1.49. The number of hydrogen-bond donors (Lipinski definition) is 1. The van der Waals surface area contributed by atoms with Crippen molar-refractivity contribution in [2.45, 2.75) is 45.4 Å². The van der Waals surface area contributed by atoms with Crippen LogP contribution in [0.1, 0.15) is 66.0 Å². The second-order valence-corrected chi connectivity index (χ2v) is 8.71. The minimum absolute atomic E-state index is 0.180. The van der Waals surface area contributed by atoms with Gasteiger partial charge in [-0.15, -0.1) is 0 Å². The highest BCUT2D eigenvalue weighted by atomic mass is 16.5. The third-order valence-electron chi connectivity index (χ3n) is 5.12. The van der Waals surface area contributed by atoms with Crippen molar-refractivity contribution in [3.8, 4) is 0 Å². The summed E-state index contributed by atoms with van der Waals surface area (Å²) in [4.78, 5) is 43.2. The molecule has 0 spiro atoms. The highest BCUT2D eigenvalue weighted by Gasteiger charge is 2.36. The Morgan fingerprint density at radius 3 is 2.34 bits per heavy atom. The number of carbonyl (C=O) groups is 3. The number of benzene rings is 2. The predicted molar refractivity (Wildman–Crippen MR) is 119 cm³/mol. The highest BCUT2D eigenvalue weighted by Crippen LogP contribution is 2.29. The van der Waals surface area contributed by atoms with E-state index in [1.54, 1.807) is 48.5 Å². The third-order valence-corrected chi connectivity index (χ3v) is 5.12. The van der Waals surface area contributed by atoms with E-state index in [0.717, 1.165) is 4.90 Å². The normalized spacial score (nSPS) is 13.4. The number of aromatic nitrogens is 2. The average molecular weight is 432 g/mol. The van der Waals surface area contributed by atoms with Gasteiger partial charge in [-0.3, -0.25) is 14.4 Å². The Hall–Kier alpha value is -3.81. The molecule has 1 aromatic heterocycles. The highest BCUT2D eigenvalue weighted by molar-refractivity contribution is 6.34. The minimum atomic E-state index is -0.372. The van der Waals surface area contributed by atoms with Crippen LogP contribution < -0.4 is 10.2 Å². The molecule has 32 heavy (non-hydrogen) atoms. The molecule has 0 unspecified atom stereocenters. The van der Waals surface area contributed by atoms with Gasteiger partial charge in [-0.25, -0.2) is 4.90 Å². The van der Waals surface area contributed by atoms with Crippen LogP contribution in [0.3, 0.4) is 0 Å². The summed E-state index contributed by atoms with van der Waals surface area (Å²) in [6, 6.07) is 13.4. The number of carbonyl (C=O) groups excluding carboxylic acids is 3. The van der Waals surface area contributed by atoms with E-state index in [1.165, 1.54) is 0 Å². The standard InChI is InChI=1S/C24H24N4O4/c1-24(2,3)23-26-20(32-27-23)13-7-12-19(29)25-15-8-6-9-16(14-15)28-21(30)17-10-4-5-11-18(17)22(28)31/h4-6,8-11,14H,7,12-13H2,1-3H3,(H,25,29). The zero-order valence-corrected chi connectivity index (χ0v) is 18.2. The smallest absolute Gasteiger partial charge is 0.266 e. The van der Waals surface area contributed by atoms with Crippen molar-refractivity contribution in [3.63, 3.8) is 0 Å². The average Bonchev–Trinajstić information content (AvgIpc) is 3.32. The van der Waals surface area contributed by atoms with Crippen molar-refractivity contribution in [2.75, 3.05) is 10.2 Å². The molecule has 1 N–H and O–H groups in total. The molecule has 3 amide bonds. The van der Waals surface area contributed by atoms with E-state index in [1.807, 2.05) is 20.8 Å². The summed E-state index contributed by atoms with van der Waals surface area (Å²) in [5, 5.41) is 6.80. The van der Waals surface area contributed by atoms with Crippen molar-refractivity contribution in [2.24, 2.45) is 0 Å². The fourth-order valence-electron chi connectivity index (χ4n) is 3.43. The maximum atomic E-state index is 12.7. The Labute approximate surface area is 185 Å². The van der Waals surface area contributed by atoms with E-state index in [2.05, 4.69) is 15.5 Å². The number of nitrogens with one attached hydrogen (secondary N) is 1. The van der Waals surface area contributed by atoms with E-state index >= 15 is 0 Å². The van der Waals surface area contributed by atoms with E-state index in [-0.39, 0.29) is 29.6 Å². The molecule has 0 fully saturated rings. The molecular weight excluding hydrogens is 408 g/mol. The molecule has 4 rings (SSSR count). The van der Waals surface area contributed by atoms with Gasteiger partial charge >= 0.3 is 0 Å². The number of fused-ring (bicyclic) bond motifs is 1. The summed E-state index contributed by atoms with van der Waals surface area (Å²) >= 11 is 0. The molecule has 0 aliphatic carbocycles. The van der Waals surface area contributed by atoms with Crippen LogP contribution >= 0.6 is 0 Å². The van der Waals surface area contributed by atoms with Crippen LogP contribution in [-0.4, -0.2) is 27.9 Å². The van der Waals surface area contributed by atoms with Gasteiger partial charge in [0, 0.05) is 23.9 Å². The molecule has 0 radical (unpaired) electrons. The largest absolute Gasteiger partial charge is 0.339 e. The van der Waals surface area contributed by atoms with Gasteiger partial charge in [0.2, 0.25) is 11.8 Å². The first-order valence-corrected chi connectivity index (χ1v) is 10.4. The SMILES string of the molecule is CC(C)(C)c1noc(CCCC(=O)Nc2cccc(N3C(=O)c4ccccc4C3=O)c2)n1. The van der Waals surface area contributed by atoms with Crippen LogP contribution in [0.15, 0.2) is 53.1 Å². The lowest BCUT2D eigenvalue weighted by atomic mass is 9.96. The first-order valence-electron chi connectivity index (χ1n) is 10.4. The first kappa shape index (κ1) is 21.4. The summed E-state index contributed by atoms with van der Waals surface area (Å²) in [5.74, 6) is 0.226. The molecule has 2 aromatic carbocycles. The number of aryl methyl sites for hydroxylation is 1. The summed E-state index contributed by atoms with van der Waals surface area (Å²) < 4.78 is 5.25. The Kier molecular flexibility index (Phi) is 5.61. The second-order valence-electron chi connectivity index (χ2n) is 8.71. The predicted octanol–water partition coefficient (Wildman–Crippen LogP) is 4.13. The number of nitrogens with zero attached hydrogens (tertiary/aromatic N) is 3. The maximum absolute atomic E-state index is 12.7. The van der Waals surface area contributed by atoms with Crippen LogP contribution in [0.5, 0.6) is 0 Å². The summed E-state index contributed by atoms with van der Waals surface area (Å²) in [6.45, 7) is 6.02. The van der Waals surface area contributed by atoms with Crippen molar-refractivity contribution < 1.29 is 18.9 Å². The summed E-state index contributed by atoms with van der Waals surface area (Å²) in [7, 11) is 0. The number of anilines is 2. The van der Waals surface area contributed by atoms with E-state index in [0.29, 0.717) is 47.1 Å². The van der Waals surface area contributed by atoms with E-state index in [9.17, 15) is 14.4 Å². The van der Waals surface area contributed by atoms with Crippen LogP contribution in [0.25, 0.3) is 0 Å². The summed E-state index contributed by atoms with van der Waals surface area (Å²) in [6.07, 6.45) is 1.33. The van der Waals surface area contributed by atoms with Crippen molar-refractivity contribution in [3.05, 3.63) is 71.4 Å². The van der Waals surface area contributed by atoms with Gasteiger partial charge in [-0.05, 0) is 36.8 Å². The second kappa shape index (κ2) is 8.37. The quantitative estimate of drug-likeness (QED) is 0.587. The molecule has 164 valence electrons. The molecule has 3 aromatic rings. The molecule has 8 nitrogen and oxygen atoms in total. The van der Waals surface area contributed by atoms with Crippen LogP contribution in [0.4, 0.5) is 11.4 Å². The van der Waals surface area contributed by atoms with Crippen LogP contribution in [-0.2, 0) is 16.6 Å². The Bertz CT molecular complexity index is 1160. The molecule has 0 saturated heterocycles. The van der Waals surface area contributed by atoms with Crippen molar-refractivity contribution in [1.82, 2.24) is 10.1 Å². The minimum Gasteiger partial charge on any atom is -0.339 e. The molecular formula is C24H24N4O4. The van der Waals surface area contributed by atoms with Gasteiger partial charge in [-0.2, -0.15) is 4.98 Å². The fourth-order valence-corrected chi connectivity index (χ4v) is 3.43. The number of imide groups is 1. The lowest BCUT2D eigenvalue weighted by molar-refractivity contribution is -0.116. The van der Waals surface area contributed by atoms with Gasteiger partial charge in [-0.1, -0.05) is 44.1 Å². The van der Waals surface area contributed by atoms with Gasteiger partial charge in [0.25, 0.3) is 11.8 Å². The molecule has 0 bridgehead atoms. The molecule has 0 atom stereocenters. The fraction of sp³-hybridized carbons (Fsp3) is 0.292. The lowest BCUT2D eigenvalue weighted by Gasteiger charge is -2.15. The van der Waals surface area contributed by atoms with Gasteiger partial charge < -0.3 is 9.84 Å². The van der Waals surface area contributed by atoms with Gasteiger partial charge in [0.15, 0.2) is 5.82 Å². The van der Waals surface area contributed by atoms with E-state index in [4.69, 9.17) is 4.52 Å². The van der Waals surface area contributed by atoms with Crippen LogP contribution in [0, 0.1) is 0 Å². The third kappa shape index (κ3) is 4.30. The zero-order chi connectivity index (χ0) is 22.9. The Morgan fingerprint density at radius 2 is 1.72 bits per heavy atom. The molecule has 2 heterocycles. The molecule has 8 heteroatoms. The number of rotatable bonds is 6. The molecule has 0 saturated carbocycles. The van der Waals surface area contributed by atoms with Crippen molar-refractivity contribution in [1.29, 1.82) is 0 Å². The maximum Gasteiger partial charge on any atom is 0.266 e. The number of hydrogen-bond acceptors (Lipinski definition) is 6. The molecule has 1 aliphatic rings. The van der Waals surface area contributed by atoms with Crippen molar-refractivity contribution >= 4 is 29.1 Å². The first-order chi connectivity index (χ1) is 15.2. The topological polar surface area (TPSA) is 105 Å². The van der Waals surface area contributed by atoms with Gasteiger partial charge in [0.1, 0.15) is 0 Å². The monoisotopic (exact) mass is 432 g/mol. The van der Waals surface area contributed by atoms with E-state index < -0.39 is 0 Å². The van der Waals surface area contributed by atoms with Crippen LogP contribution in [0.2, 0.25) is 0 Å². The molecule has 1 aliphatic heterocycles. The Morgan fingerprint density at radius 1 is 1.03 bits per heavy atom.